The van der Waals surface area contributed by atoms with Gasteiger partial charge >= 0.3 is 0 Å². The highest BCUT2D eigenvalue weighted by Gasteiger charge is 2.19. The molecular formula is C24H25N5O2S. The van der Waals surface area contributed by atoms with Gasteiger partial charge in [-0.25, -0.2) is 9.67 Å². The average molecular weight is 448 g/mol. The standard InChI is InChI=1S/C24H25N5O2S/c1-5-22(30)26-16-7-6-8-17(11-16)27-24(31)18-12-20(21-10-9-15(4)32-21)28-23-19(18)13-25-29(23)14(2)3/h6-14H,5H2,1-4H3,(H,26,30)(H,27,31). The summed E-state index contributed by atoms with van der Waals surface area (Å²) in [6.07, 6.45) is 2.08. The molecule has 4 aromatic rings. The van der Waals surface area contributed by atoms with E-state index in [0.29, 0.717) is 34.4 Å². The molecule has 0 saturated carbocycles. The zero-order valence-corrected chi connectivity index (χ0v) is 19.3. The molecule has 1 aromatic carbocycles. The highest BCUT2D eigenvalue weighted by molar-refractivity contribution is 7.15. The molecular weight excluding hydrogens is 422 g/mol. The van der Waals surface area contributed by atoms with E-state index in [0.717, 1.165) is 10.6 Å². The molecule has 7 nitrogen and oxygen atoms in total. The molecule has 32 heavy (non-hydrogen) atoms. The van der Waals surface area contributed by atoms with Crippen molar-refractivity contribution in [2.75, 3.05) is 10.6 Å². The lowest BCUT2D eigenvalue weighted by Crippen LogP contribution is -2.14. The Labute approximate surface area is 190 Å². The van der Waals surface area contributed by atoms with E-state index in [1.165, 1.54) is 4.88 Å². The second-order valence-electron chi connectivity index (χ2n) is 7.82. The number of thiophene rings is 1. The van der Waals surface area contributed by atoms with Crippen molar-refractivity contribution < 1.29 is 9.59 Å². The first-order valence-electron chi connectivity index (χ1n) is 10.5. The van der Waals surface area contributed by atoms with Gasteiger partial charge < -0.3 is 10.6 Å². The Morgan fingerprint density at radius 3 is 2.50 bits per heavy atom. The average Bonchev–Trinajstić information content (AvgIpc) is 3.39. The Morgan fingerprint density at radius 2 is 1.84 bits per heavy atom. The fourth-order valence-electron chi connectivity index (χ4n) is 3.40. The summed E-state index contributed by atoms with van der Waals surface area (Å²) in [5.74, 6) is -0.337. The largest absolute Gasteiger partial charge is 0.326 e. The van der Waals surface area contributed by atoms with Gasteiger partial charge in [0.15, 0.2) is 5.65 Å². The maximum Gasteiger partial charge on any atom is 0.256 e. The molecule has 0 radical (unpaired) electrons. The Kier molecular flexibility index (Phi) is 6.05. The maximum absolute atomic E-state index is 13.3. The quantitative estimate of drug-likeness (QED) is 0.400. The third-order valence-electron chi connectivity index (χ3n) is 5.02. The minimum Gasteiger partial charge on any atom is -0.326 e. The van der Waals surface area contributed by atoms with Crippen LogP contribution in [0.25, 0.3) is 21.6 Å². The fourth-order valence-corrected chi connectivity index (χ4v) is 4.23. The molecule has 0 aliphatic carbocycles. The molecule has 8 heteroatoms. The number of carbonyl (C=O) groups is 2. The number of fused-ring (bicyclic) bond motifs is 1. The minimum atomic E-state index is -0.255. The number of hydrogen-bond donors (Lipinski definition) is 2. The Bertz CT molecular complexity index is 1300. The van der Waals surface area contributed by atoms with Crippen LogP contribution in [0.3, 0.4) is 0 Å². The molecule has 2 amide bonds. The first kappa shape index (κ1) is 21.7. The number of nitrogens with one attached hydrogen (secondary N) is 2. The molecule has 0 aliphatic rings. The number of anilines is 2. The van der Waals surface area contributed by atoms with Gasteiger partial charge in [0.1, 0.15) is 0 Å². The molecule has 3 heterocycles. The summed E-state index contributed by atoms with van der Waals surface area (Å²) in [5, 5.41) is 10.9. The number of pyridine rings is 1. The summed E-state index contributed by atoms with van der Waals surface area (Å²) < 4.78 is 1.83. The van der Waals surface area contributed by atoms with Crippen molar-refractivity contribution in [2.45, 2.75) is 40.2 Å². The van der Waals surface area contributed by atoms with E-state index < -0.39 is 0 Å². The van der Waals surface area contributed by atoms with Crippen LogP contribution < -0.4 is 10.6 Å². The molecule has 0 fully saturated rings. The minimum absolute atomic E-state index is 0.0821. The van der Waals surface area contributed by atoms with Crippen LogP contribution in [-0.4, -0.2) is 26.6 Å². The molecule has 0 bridgehead atoms. The van der Waals surface area contributed by atoms with Gasteiger partial charge in [-0.15, -0.1) is 11.3 Å². The summed E-state index contributed by atoms with van der Waals surface area (Å²) in [7, 11) is 0. The van der Waals surface area contributed by atoms with Crippen LogP contribution in [-0.2, 0) is 4.79 Å². The van der Waals surface area contributed by atoms with Crippen LogP contribution in [0.5, 0.6) is 0 Å². The number of nitrogens with zero attached hydrogens (tertiary/aromatic N) is 3. The van der Waals surface area contributed by atoms with E-state index in [-0.39, 0.29) is 17.9 Å². The number of aromatic nitrogens is 3. The van der Waals surface area contributed by atoms with E-state index in [4.69, 9.17) is 4.98 Å². The Morgan fingerprint density at radius 1 is 1.09 bits per heavy atom. The van der Waals surface area contributed by atoms with E-state index in [1.54, 1.807) is 48.7 Å². The number of carbonyl (C=O) groups excluding carboxylic acids is 2. The van der Waals surface area contributed by atoms with Crippen LogP contribution in [0.2, 0.25) is 0 Å². The molecule has 0 spiro atoms. The van der Waals surface area contributed by atoms with Crippen molar-refractivity contribution in [3.05, 3.63) is 59.1 Å². The lowest BCUT2D eigenvalue weighted by molar-refractivity contribution is -0.115. The van der Waals surface area contributed by atoms with Crippen LogP contribution in [0.15, 0.2) is 48.7 Å². The number of aryl methyl sites for hydroxylation is 1. The summed E-state index contributed by atoms with van der Waals surface area (Å²) in [5.41, 5.74) is 3.16. The molecule has 0 unspecified atom stereocenters. The van der Waals surface area contributed by atoms with Crippen molar-refractivity contribution in [1.29, 1.82) is 0 Å². The van der Waals surface area contributed by atoms with Gasteiger partial charge in [-0.1, -0.05) is 13.0 Å². The topological polar surface area (TPSA) is 88.9 Å². The highest BCUT2D eigenvalue weighted by atomic mass is 32.1. The summed E-state index contributed by atoms with van der Waals surface area (Å²) >= 11 is 1.64. The molecule has 2 N–H and O–H groups in total. The van der Waals surface area contributed by atoms with Gasteiger partial charge in [-0.2, -0.15) is 5.10 Å². The van der Waals surface area contributed by atoms with Crippen molar-refractivity contribution >= 4 is 45.6 Å². The van der Waals surface area contributed by atoms with Crippen molar-refractivity contribution in [3.8, 4) is 10.6 Å². The molecule has 0 atom stereocenters. The van der Waals surface area contributed by atoms with Gasteiger partial charge in [0.25, 0.3) is 5.91 Å². The normalized spacial score (nSPS) is 11.2. The highest BCUT2D eigenvalue weighted by Crippen LogP contribution is 2.31. The van der Waals surface area contributed by atoms with Gasteiger partial charge in [0.05, 0.1) is 27.7 Å². The smallest absolute Gasteiger partial charge is 0.256 e. The maximum atomic E-state index is 13.3. The van der Waals surface area contributed by atoms with Gasteiger partial charge in [-0.05, 0) is 57.2 Å². The van der Waals surface area contributed by atoms with Gasteiger partial charge in [-0.3, -0.25) is 9.59 Å². The second-order valence-corrected chi connectivity index (χ2v) is 9.11. The van der Waals surface area contributed by atoms with E-state index in [9.17, 15) is 9.59 Å². The van der Waals surface area contributed by atoms with Crippen LogP contribution in [0.1, 0.15) is 48.5 Å². The lowest BCUT2D eigenvalue weighted by atomic mass is 10.1. The number of amides is 2. The number of hydrogen-bond acceptors (Lipinski definition) is 5. The molecule has 3 aromatic heterocycles. The fraction of sp³-hybridized carbons (Fsp3) is 0.250. The van der Waals surface area contributed by atoms with Gasteiger partial charge in [0.2, 0.25) is 5.91 Å². The predicted molar refractivity (Wildman–Crippen MR) is 129 cm³/mol. The summed E-state index contributed by atoms with van der Waals surface area (Å²) in [6.45, 7) is 7.90. The van der Waals surface area contributed by atoms with E-state index >= 15 is 0 Å². The first-order chi connectivity index (χ1) is 15.4. The van der Waals surface area contributed by atoms with E-state index in [1.807, 2.05) is 43.7 Å². The third kappa shape index (κ3) is 4.40. The first-order valence-corrected chi connectivity index (χ1v) is 11.3. The lowest BCUT2D eigenvalue weighted by Gasteiger charge is -2.11. The Balaban J connectivity index is 1.74. The van der Waals surface area contributed by atoms with Crippen LogP contribution in [0.4, 0.5) is 11.4 Å². The zero-order valence-electron chi connectivity index (χ0n) is 18.5. The van der Waals surface area contributed by atoms with E-state index in [2.05, 4.69) is 15.7 Å². The van der Waals surface area contributed by atoms with Crippen molar-refractivity contribution in [2.24, 2.45) is 0 Å². The Hall–Kier alpha value is -3.52. The molecule has 164 valence electrons. The second kappa shape index (κ2) is 8.92. The van der Waals surface area contributed by atoms with Crippen LogP contribution in [0, 0.1) is 6.92 Å². The van der Waals surface area contributed by atoms with Crippen molar-refractivity contribution in [1.82, 2.24) is 14.8 Å². The summed E-state index contributed by atoms with van der Waals surface area (Å²) in [4.78, 5) is 32.0. The monoisotopic (exact) mass is 447 g/mol. The van der Waals surface area contributed by atoms with Crippen molar-refractivity contribution in [3.63, 3.8) is 0 Å². The SMILES string of the molecule is CCC(=O)Nc1cccc(NC(=O)c2cc(-c3ccc(C)s3)nc3c2cnn3C(C)C)c1. The molecule has 4 rings (SSSR count). The van der Waals surface area contributed by atoms with Crippen LogP contribution >= 0.6 is 11.3 Å². The number of rotatable bonds is 6. The molecule has 0 aliphatic heterocycles. The summed E-state index contributed by atoms with van der Waals surface area (Å²) in [6, 6.07) is 13.1. The van der Waals surface area contributed by atoms with Gasteiger partial charge in [0, 0.05) is 28.7 Å². The predicted octanol–water partition coefficient (Wildman–Crippen LogP) is 5.65. The number of benzene rings is 1. The zero-order chi connectivity index (χ0) is 22.8. The molecule has 0 saturated heterocycles. The third-order valence-corrected chi connectivity index (χ3v) is 6.04.